The SMILES string of the molecule is NCCCCCc1n[nH]c(CCCc2ccccc2)n1. The van der Waals surface area contributed by atoms with Crippen LogP contribution in [0.1, 0.15) is 42.9 Å². The second-order valence-electron chi connectivity index (χ2n) is 5.14. The number of benzene rings is 1. The molecule has 20 heavy (non-hydrogen) atoms. The number of nitrogens with zero attached hydrogens (tertiary/aromatic N) is 2. The van der Waals surface area contributed by atoms with Gasteiger partial charge in [0.05, 0.1) is 0 Å². The largest absolute Gasteiger partial charge is 0.330 e. The summed E-state index contributed by atoms with van der Waals surface area (Å²) in [4.78, 5) is 4.54. The smallest absolute Gasteiger partial charge is 0.150 e. The van der Waals surface area contributed by atoms with Gasteiger partial charge in [0.2, 0.25) is 0 Å². The first-order chi connectivity index (χ1) is 9.88. The summed E-state index contributed by atoms with van der Waals surface area (Å²) in [7, 11) is 0. The Kier molecular flexibility index (Phi) is 6.24. The summed E-state index contributed by atoms with van der Waals surface area (Å²) in [6.45, 7) is 0.777. The van der Waals surface area contributed by atoms with Crippen molar-refractivity contribution in [2.45, 2.75) is 44.9 Å². The molecule has 0 saturated heterocycles. The highest BCUT2D eigenvalue weighted by atomic mass is 15.2. The highest BCUT2D eigenvalue weighted by Crippen LogP contribution is 2.07. The second kappa shape index (κ2) is 8.48. The van der Waals surface area contributed by atoms with Crippen LogP contribution in [0.4, 0.5) is 0 Å². The standard InChI is InChI=1S/C16H24N4/c17-13-6-2-5-11-15-18-16(20-19-15)12-7-10-14-8-3-1-4-9-14/h1,3-4,8-9H,2,5-7,10-13,17H2,(H,18,19,20). The lowest BCUT2D eigenvalue weighted by atomic mass is 10.1. The van der Waals surface area contributed by atoms with Crippen molar-refractivity contribution in [3.63, 3.8) is 0 Å². The Morgan fingerprint density at radius 3 is 2.55 bits per heavy atom. The Balaban J connectivity index is 1.67. The average molecular weight is 272 g/mol. The van der Waals surface area contributed by atoms with Crippen molar-refractivity contribution < 1.29 is 0 Å². The maximum absolute atomic E-state index is 5.48. The molecular formula is C16H24N4. The molecule has 4 nitrogen and oxygen atoms in total. The molecule has 0 aliphatic heterocycles. The molecule has 0 saturated carbocycles. The number of H-pyrrole nitrogens is 1. The van der Waals surface area contributed by atoms with E-state index < -0.39 is 0 Å². The van der Waals surface area contributed by atoms with Gasteiger partial charge in [-0.05, 0) is 37.8 Å². The van der Waals surface area contributed by atoms with Gasteiger partial charge in [0.25, 0.3) is 0 Å². The molecule has 0 aliphatic carbocycles. The molecule has 1 heterocycles. The Morgan fingerprint density at radius 2 is 1.75 bits per heavy atom. The van der Waals surface area contributed by atoms with Crippen molar-refractivity contribution in [3.05, 3.63) is 47.5 Å². The molecule has 3 N–H and O–H groups in total. The Labute approximate surface area is 120 Å². The molecule has 1 aromatic carbocycles. The van der Waals surface area contributed by atoms with Crippen molar-refractivity contribution in [2.75, 3.05) is 6.54 Å². The molecular weight excluding hydrogens is 248 g/mol. The minimum atomic E-state index is 0.777. The number of nitrogens with two attached hydrogens (primary N) is 1. The molecule has 0 amide bonds. The van der Waals surface area contributed by atoms with Gasteiger partial charge in [-0.1, -0.05) is 36.8 Å². The zero-order valence-electron chi connectivity index (χ0n) is 12.0. The van der Waals surface area contributed by atoms with E-state index in [4.69, 9.17) is 5.73 Å². The third-order valence-electron chi connectivity index (χ3n) is 3.40. The molecule has 0 spiro atoms. The topological polar surface area (TPSA) is 67.6 Å². The first kappa shape index (κ1) is 14.7. The van der Waals surface area contributed by atoms with Gasteiger partial charge in [-0.25, -0.2) is 4.98 Å². The second-order valence-corrected chi connectivity index (χ2v) is 5.14. The number of hydrogen-bond donors (Lipinski definition) is 2. The van der Waals surface area contributed by atoms with Crippen molar-refractivity contribution in [3.8, 4) is 0 Å². The molecule has 0 aliphatic rings. The molecule has 4 heteroatoms. The van der Waals surface area contributed by atoms with Gasteiger partial charge in [-0.3, -0.25) is 5.10 Å². The Morgan fingerprint density at radius 1 is 0.900 bits per heavy atom. The number of aromatic amines is 1. The molecule has 0 radical (unpaired) electrons. The van der Waals surface area contributed by atoms with E-state index in [-0.39, 0.29) is 0 Å². The summed E-state index contributed by atoms with van der Waals surface area (Å²) >= 11 is 0. The molecule has 2 aromatic rings. The van der Waals surface area contributed by atoms with Crippen LogP contribution in [-0.2, 0) is 19.3 Å². The van der Waals surface area contributed by atoms with Gasteiger partial charge in [-0.15, -0.1) is 0 Å². The summed E-state index contributed by atoms with van der Waals surface area (Å²) in [5.74, 6) is 1.95. The van der Waals surface area contributed by atoms with Crippen LogP contribution >= 0.6 is 0 Å². The lowest BCUT2D eigenvalue weighted by Gasteiger charge is -1.99. The van der Waals surface area contributed by atoms with E-state index in [1.807, 2.05) is 0 Å². The molecule has 0 unspecified atom stereocenters. The lowest BCUT2D eigenvalue weighted by Crippen LogP contribution is -1.98. The van der Waals surface area contributed by atoms with Crippen LogP contribution in [0.5, 0.6) is 0 Å². The maximum atomic E-state index is 5.48. The fraction of sp³-hybridized carbons (Fsp3) is 0.500. The molecule has 0 bridgehead atoms. The number of aromatic nitrogens is 3. The van der Waals surface area contributed by atoms with Crippen molar-refractivity contribution in [1.82, 2.24) is 15.2 Å². The third-order valence-corrected chi connectivity index (χ3v) is 3.40. The molecule has 1 aromatic heterocycles. The van der Waals surface area contributed by atoms with Crippen LogP contribution in [0.15, 0.2) is 30.3 Å². The van der Waals surface area contributed by atoms with Crippen LogP contribution in [0.25, 0.3) is 0 Å². The van der Waals surface area contributed by atoms with Crippen LogP contribution in [0.2, 0.25) is 0 Å². The molecule has 0 fully saturated rings. The average Bonchev–Trinajstić information content (AvgIpc) is 2.93. The number of nitrogens with one attached hydrogen (secondary N) is 1. The van der Waals surface area contributed by atoms with E-state index in [9.17, 15) is 0 Å². The van der Waals surface area contributed by atoms with Crippen molar-refractivity contribution in [1.29, 1.82) is 0 Å². The predicted octanol–water partition coefficient (Wildman–Crippen LogP) is 2.65. The zero-order chi connectivity index (χ0) is 14.0. The van der Waals surface area contributed by atoms with Crippen molar-refractivity contribution in [2.24, 2.45) is 5.73 Å². The quantitative estimate of drug-likeness (QED) is 0.690. The van der Waals surface area contributed by atoms with E-state index >= 15 is 0 Å². The van der Waals surface area contributed by atoms with Gasteiger partial charge in [-0.2, -0.15) is 5.10 Å². The van der Waals surface area contributed by atoms with Gasteiger partial charge in [0.1, 0.15) is 5.82 Å². The number of unbranched alkanes of at least 4 members (excludes halogenated alkanes) is 2. The number of rotatable bonds is 9. The fourth-order valence-corrected chi connectivity index (χ4v) is 2.27. The Bertz CT molecular complexity index is 478. The summed E-state index contributed by atoms with van der Waals surface area (Å²) in [5.41, 5.74) is 6.86. The van der Waals surface area contributed by atoms with Crippen LogP contribution in [-0.4, -0.2) is 21.7 Å². The number of hydrogen-bond acceptors (Lipinski definition) is 3. The minimum Gasteiger partial charge on any atom is -0.330 e. The van der Waals surface area contributed by atoms with Gasteiger partial charge >= 0.3 is 0 Å². The number of aryl methyl sites for hydroxylation is 3. The summed E-state index contributed by atoms with van der Waals surface area (Å²) < 4.78 is 0. The van der Waals surface area contributed by atoms with Gasteiger partial charge < -0.3 is 5.73 Å². The van der Waals surface area contributed by atoms with Crippen LogP contribution < -0.4 is 5.73 Å². The predicted molar refractivity (Wildman–Crippen MR) is 81.5 cm³/mol. The maximum Gasteiger partial charge on any atom is 0.150 e. The van der Waals surface area contributed by atoms with E-state index in [0.717, 1.165) is 63.1 Å². The third kappa shape index (κ3) is 5.13. The summed E-state index contributed by atoms with van der Waals surface area (Å²) in [5, 5.41) is 7.32. The van der Waals surface area contributed by atoms with E-state index in [0.29, 0.717) is 0 Å². The first-order valence-electron chi connectivity index (χ1n) is 7.52. The van der Waals surface area contributed by atoms with Crippen LogP contribution in [0, 0.1) is 0 Å². The highest BCUT2D eigenvalue weighted by molar-refractivity contribution is 5.14. The lowest BCUT2D eigenvalue weighted by molar-refractivity contribution is 0.670. The van der Waals surface area contributed by atoms with Crippen LogP contribution in [0.3, 0.4) is 0 Å². The first-order valence-corrected chi connectivity index (χ1v) is 7.52. The van der Waals surface area contributed by atoms with E-state index in [1.165, 1.54) is 5.56 Å². The molecule has 108 valence electrons. The minimum absolute atomic E-state index is 0.777. The fourth-order valence-electron chi connectivity index (χ4n) is 2.27. The summed E-state index contributed by atoms with van der Waals surface area (Å²) in [6.07, 6.45) is 7.49. The Hall–Kier alpha value is -1.68. The van der Waals surface area contributed by atoms with Gasteiger partial charge in [0, 0.05) is 12.8 Å². The monoisotopic (exact) mass is 272 g/mol. The summed E-state index contributed by atoms with van der Waals surface area (Å²) in [6, 6.07) is 10.6. The van der Waals surface area contributed by atoms with Crippen molar-refractivity contribution >= 4 is 0 Å². The van der Waals surface area contributed by atoms with E-state index in [1.54, 1.807) is 0 Å². The zero-order valence-corrected chi connectivity index (χ0v) is 12.0. The van der Waals surface area contributed by atoms with Gasteiger partial charge in [0.15, 0.2) is 5.82 Å². The molecule has 2 rings (SSSR count). The normalized spacial score (nSPS) is 10.8. The van der Waals surface area contributed by atoms with E-state index in [2.05, 4.69) is 45.5 Å². The highest BCUT2D eigenvalue weighted by Gasteiger charge is 2.03. The molecule has 0 atom stereocenters.